The van der Waals surface area contributed by atoms with Crippen molar-refractivity contribution in [2.45, 2.75) is 25.8 Å². The second-order valence-electron chi connectivity index (χ2n) is 4.18. The molecule has 0 radical (unpaired) electrons. The molecule has 1 heterocycles. The third kappa shape index (κ3) is 2.00. The molecule has 3 rings (SSSR count). The molecule has 15 heavy (non-hydrogen) atoms. The highest BCUT2D eigenvalue weighted by atomic mass is 127. The lowest BCUT2D eigenvalue weighted by atomic mass is 10.3. The third-order valence-electron chi connectivity index (χ3n) is 2.92. The van der Waals surface area contributed by atoms with Gasteiger partial charge < -0.3 is 0 Å². The average Bonchev–Trinajstić information content (AvgIpc) is 2.97. The molecule has 0 unspecified atom stereocenters. The highest BCUT2D eigenvalue weighted by Gasteiger charge is 2.21. The zero-order valence-corrected chi connectivity index (χ0v) is 10.5. The van der Waals surface area contributed by atoms with Crippen LogP contribution in [-0.4, -0.2) is 15.0 Å². The molecule has 78 valence electrons. The Kier molecular flexibility index (Phi) is 2.38. The maximum absolute atomic E-state index is 4.20. The van der Waals surface area contributed by atoms with Crippen LogP contribution >= 0.6 is 22.6 Å². The summed E-state index contributed by atoms with van der Waals surface area (Å²) in [6.45, 7) is 1.02. The molecular weight excluding hydrogens is 301 g/mol. The Labute approximate surface area is 102 Å². The van der Waals surface area contributed by atoms with Gasteiger partial charge in [-0.15, -0.1) is 5.10 Å². The molecule has 1 aliphatic carbocycles. The van der Waals surface area contributed by atoms with Crippen molar-refractivity contribution in [3.8, 4) is 0 Å². The number of hydrogen-bond acceptors (Lipinski definition) is 2. The van der Waals surface area contributed by atoms with Crippen LogP contribution in [0.2, 0.25) is 0 Å². The number of benzene rings is 1. The molecular formula is C11H12IN3. The number of hydrogen-bond donors (Lipinski definition) is 0. The molecule has 0 saturated heterocycles. The van der Waals surface area contributed by atoms with Gasteiger partial charge in [0.25, 0.3) is 0 Å². The van der Waals surface area contributed by atoms with Gasteiger partial charge in [-0.3, -0.25) is 0 Å². The summed E-state index contributed by atoms with van der Waals surface area (Å²) in [6, 6.07) is 6.31. The van der Waals surface area contributed by atoms with Gasteiger partial charge in [-0.05, 0) is 53.1 Å². The van der Waals surface area contributed by atoms with E-state index in [0.717, 1.165) is 23.5 Å². The molecule has 0 amide bonds. The molecule has 3 nitrogen and oxygen atoms in total. The maximum Gasteiger partial charge on any atom is 0.114 e. The van der Waals surface area contributed by atoms with Crippen LogP contribution in [0.15, 0.2) is 18.2 Å². The lowest BCUT2D eigenvalue weighted by Crippen LogP contribution is -2.00. The van der Waals surface area contributed by atoms with Crippen molar-refractivity contribution in [1.29, 1.82) is 0 Å². The summed E-state index contributed by atoms with van der Waals surface area (Å²) in [4.78, 5) is 0. The normalized spacial score (nSPS) is 16.1. The summed E-state index contributed by atoms with van der Waals surface area (Å²) in [7, 11) is 0. The number of aromatic nitrogens is 3. The molecule has 1 aliphatic rings. The van der Waals surface area contributed by atoms with E-state index in [9.17, 15) is 0 Å². The summed E-state index contributed by atoms with van der Waals surface area (Å²) in [5.74, 6) is 0.952. The Morgan fingerprint density at radius 3 is 3.07 bits per heavy atom. The topological polar surface area (TPSA) is 30.7 Å². The molecule has 0 atom stereocenters. The van der Waals surface area contributed by atoms with Crippen LogP contribution in [0.1, 0.15) is 19.3 Å². The third-order valence-corrected chi connectivity index (χ3v) is 3.59. The molecule has 1 fully saturated rings. The number of halogens is 1. The predicted molar refractivity (Wildman–Crippen MR) is 67.6 cm³/mol. The van der Waals surface area contributed by atoms with Crippen molar-refractivity contribution in [2.24, 2.45) is 5.92 Å². The van der Waals surface area contributed by atoms with E-state index < -0.39 is 0 Å². The lowest BCUT2D eigenvalue weighted by molar-refractivity contribution is 0.544. The fourth-order valence-electron chi connectivity index (χ4n) is 1.82. The minimum absolute atomic E-state index is 0.952. The molecule has 0 bridgehead atoms. The van der Waals surface area contributed by atoms with Crippen molar-refractivity contribution in [3.63, 3.8) is 0 Å². The van der Waals surface area contributed by atoms with Gasteiger partial charge in [0.1, 0.15) is 5.52 Å². The summed E-state index contributed by atoms with van der Waals surface area (Å²) >= 11 is 2.30. The van der Waals surface area contributed by atoms with Crippen LogP contribution in [0.3, 0.4) is 0 Å². The lowest BCUT2D eigenvalue weighted by Gasteiger charge is -2.00. The van der Waals surface area contributed by atoms with Gasteiger partial charge >= 0.3 is 0 Å². The predicted octanol–water partition coefficient (Wildman–Crippen LogP) is 2.84. The smallest absolute Gasteiger partial charge is 0.114 e. The van der Waals surface area contributed by atoms with Crippen molar-refractivity contribution in [2.75, 3.05) is 0 Å². The van der Waals surface area contributed by atoms with Crippen molar-refractivity contribution in [1.82, 2.24) is 15.0 Å². The van der Waals surface area contributed by atoms with Crippen LogP contribution < -0.4 is 0 Å². The highest BCUT2D eigenvalue weighted by Crippen LogP contribution is 2.32. The summed E-state index contributed by atoms with van der Waals surface area (Å²) in [5.41, 5.74) is 2.17. The SMILES string of the molecule is Ic1ccc2c(c1)nnn2CCC1CC1. The Balaban J connectivity index is 1.89. The van der Waals surface area contributed by atoms with Gasteiger partial charge in [-0.2, -0.15) is 0 Å². The van der Waals surface area contributed by atoms with Crippen molar-refractivity contribution < 1.29 is 0 Å². The van der Waals surface area contributed by atoms with E-state index in [1.807, 2.05) is 4.68 Å². The molecule has 1 aromatic carbocycles. The molecule has 1 aromatic heterocycles. The van der Waals surface area contributed by atoms with Gasteiger partial charge in [0.15, 0.2) is 0 Å². The Morgan fingerprint density at radius 1 is 1.40 bits per heavy atom. The molecule has 0 aliphatic heterocycles. The Morgan fingerprint density at radius 2 is 2.27 bits per heavy atom. The van der Waals surface area contributed by atoms with Crippen molar-refractivity contribution >= 4 is 33.6 Å². The first-order valence-corrected chi connectivity index (χ1v) is 6.39. The van der Waals surface area contributed by atoms with Gasteiger partial charge in [0.05, 0.1) is 5.52 Å². The van der Waals surface area contributed by atoms with Gasteiger partial charge in [0.2, 0.25) is 0 Å². The molecule has 0 N–H and O–H groups in total. The fourth-order valence-corrected chi connectivity index (χ4v) is 2.30. The van der Waals surface area contributed by atoms with Gasteiger partial charge in [-0.25, -0.2) is 4.68 Å². The van der Waals surface area contributed by atoms with Gasteiger partial charge in [-0.1, -0.05) is 18.1 Å². The van der Waals surface area contributed by atoms with E-state index in [1.54, 1.807) is 0 Å². The Hall–Kier alpha value is -0.650. The molecule has 4 heteroatoms. The summed E-state index contributed by atoms with van der Waals surface area (Å²) in [6.07, 6.45) is 4.07. The standard InChI is InChI=1S/C11H12IN3/c12-9-3-4-11-10(7-9)13-14-15(11)6-5-8-1-2-8/h3-4,7-8H,1-2,5-6H2. The van der Waals surface area contributed by atoms with Crippen LogP contribution in [0.4, 0.5) is 0 Å². The monoisotopic (exact) mass is 313 g/mol. The van der Waals surface area contributed by atoms with Crippen LogP contribution in [0, 0.1) is 9.49 Å². The highest BCUT2D eigenvalue weighted by molar-refractivity contribution is 14.1. The second kappa shape index (κ2) is 3.73. The number of nitrogens with zero attached hydrogens (tertiary/aromatic N) is 3. The minimum Gasteiger partial charge on any atom is -0.245 e. The first kappa shape index (κ1) is 9.57. The zero-order chi connectivity index (χ0) is 10.3. The number of fused-ring (bicyclic) bond motifs is 1. The van der Waals surface area contributed by atoms with E-state index >= 15 is 0 Å². The summed E-state index contributed by atoms with van der Waals surface area (Å²) in [5, 5.41) is 8.39. The fraction of sp³-hybridized carbons (Fsp3) is 0.455. The maximum atomic E-state index is 4.20. The van der Waals surface area contributed by atoms with Crippen LogP contribution in [-0.2, 0) is 6.54 Å². The zero-order valence-electron chi connectivity index (χ0n) is 8.36. The van der Waals surface area contributed by atoms with Crippen molar-refractivity contribution in [3.05, 3.63) is 21.8 Å². The van der Waals surface area contributed by atoms with E-state index in [1.165, 1.54) is 22.8 Å². The molecule has 1 saturated carbocycles. The average molecular weight is 313 g/mol. The van der Waals surface area contributed by atoms with E-state index in [-0.39, 0.29) is 0 Å². The number of aryl methyl sites for hydroxylation is 1. The number of rotatable bonds is 3. The Bertz CT molecular complexity index is 488. The quantitative estimate of drug-likeness (QED) is 0.816. The van der Waals surface area contributed by atoms with Crippen LogP contribution in [0.5, 0.6) is 0 Å². The first-order valence-electron chi connectivity index (χ1n) is 5.32. The van der Waals surface area contributed by atoms with Crippen LogP contribution in [0.25, 0.3) is 11.0 Å². The summed E-state index contributed by atoms with van der Waals surface area (Å²) < 4.78 is 3.25. The van der Waals surface area contributed by atoms with E-state index in [4.69, 9.17) is 0 Å². The first-order chi connectivity index (χ1) is 7.33. The van der Waals surface area contributed by atoms with E-state index in [2.05, 4.69) is 51.1 Å². The van der Waals surface area contributed by atoms with Gasteiger partial charge in [0, 0.05) is 10.1 Å². The molecule has 2 aromatic rings. The second-order valence-corrected chi connectivity index (χ2v) is 5.42. The van der Waals surface area contributed by atoms with E-state index in [0.29, 0.717) is 0 Å². The molecule has 0 spiro atoms. The largest absolute Gasteiger partial charge is 0.245 e. The minimum atomic E-state index is 0.952.